The second-order valence-corrected chi connectivity index (χ2v) is 4.51. The van der Waals surface area contributed by atoms with Gasteiger partial charge in [0.15, 0.2) is 0 Å². The molecule has 0 fully saturated rings. The number of pyridine rings is 1. The van der Waals surface area contributed by atoms with Crippen molar-refractivity contribution in [2.45, 2.75) is 13.0 Å². The molecule has 0 radical (unpaired) electrons. The van der Waals surface area contributed by atoms with Gasteiger partial charge in [0.25, 0.3) is 0 Å². The van der Waals surface area contributed by atoms with E-state index in [4.69, 9.17) is 0 Å². The summed E-state index contributed by atoms with van der Waals surface area (Å²) in [5, 5.41) is 7.46. The monoisotopic (exact) mass is 253 g/mol. The third-order valence-electron chi connectivity index (χ3n) is 3.14. The summed E-state index contributed by atoms with van der Waals surface area (Å²) in [7, 11) is 1.86. The SMILES string of the molecule is C=C(NC(C)C(=C)NC)c1ccc2ccccc2n1. The minimum Gasteiger partial charge on any atom is -0.390 e. The summed E-state index contributed by atoms with van der Waals surface area (Å²) in [6.07, 6.45) is 0. The van der Waals surface area contributed by atoms with Crippen LogP contribution in [0.5, 0.6) is 0 Å². The number of nitrogens with one attached hydrogen (secondary N) is 2. The van der Waals surface area contributed by atoms with Crippen molar-refractivity contribution in [3.05, 3.63) is 60.9 Å². The van der Waals surface area contributed by atoms with Crippen LogP contribution in [0.1, 0.15) is 12.6 Å². The average Bonchev–Trinajstić information content (AvgIpc) is 2.45. The highest BCUT2D eigenvalue weighted by molar-refractivity contribution is 5.80. The van der Waals surface area contributed by atoms with Crippen molar-refractivity contribution in [1.29, 1.82) is 0 Å². The molecule has 19 heavy (non-hydrogen) atoms. The first-order chi connectivity index (χ1) is 9.11. The van der Waals surface area contributed by atoms with Gasteiger partial charge in [-0.3, -0.25) is 0 Å². The van der Waals surface area contributed by atoms with Crippen LogP contribution in [-0.2, 0) is 0 Å². The lowest BCUT2D eigenvalue weighted by atomic mass is 10.1. The van der Waals surface area contributed by atoms with Crippen molar-refractivity contribution in [3.63, 3.8) is 0 Å². The van der Waals surface area contributed by atoms with E-state index < -0.39 is 0 Å². The summed E-state index contributed by atoms with van der Waals surface area (Å²) in [6, 6.07) is 12.2. The van der Waals surface area contributed by atoms with Crippen LogP contribution in [0, 0.1) is 0 Å². The molecule has 0 spiro atoms. The fourth-order valence-electron chi connectivity index (χ4n) is 1.87. The third-order valence-corrected chi connectivity index (χ3v) is 3.14. The molecule has 0 bridgehead atoms. The van der Waals surface area contributed by atoms with E-state index in [1.807, 2.05) is 44.3 Å². The zero-order valence-corrected chi connectivity index (χ0v) is 11.4. The summed E-state index contributed by atoms with van der Waals surface area (Å²) >= 11 is 0. The van der Waals surface area contributed by atoms with Crippen LogP contribution < -0.4 is 10.6 Å². The predicted octanol–water partition coefficient (Wildman–Crippen LogP) is 2.92. The maximum Gasteiger partial charge on any atom is 0.0862 e. The number of aromatic nitrogens is 1. The molecule has 0 aliphatic heterocycles. The molecule has 0 saturated carbocycles. The first-order valence-corrected chi connectivity index (χ1v) is 6.30. The van der Waals surface area contributed by atoms with Crippen LogP contribution in [0.2, 0.25) is 0 Å². The first-order valence-electron chi connectivity index (χ1n) is 6.30. The molecule has 98 valence electrons. The molecule has 2 rings (SSSR count). The quantitative estimate of drug-likeness (QED) is 0.860. The lowest BCUT2D eigenvalue weighted by molar-refractivity contribution is 0.693. The third kappa shape index (κ3) is 2.94. The molecular formula is C16H19N3. The van der Waals surface area contributed by atoms with Gasteiger partial charge in [0.1, 0.15) is 0 Å². The van der Waals surface area contributed by atoms with Gasteiger partial charge in [-0.2, -0.15) is 0 Å². The topological polar surface area (TPSA) is 37.0 Å². The van der Waals surface area contributed by atoms with Crippen LogP contribution in [0.4, 0.5) is 0 Å². The zero-order chi connectivity index (χ0) is 13.8. The number of likely N-dealkylation sites (N-methyl/N-ethyl adjacent to an activating group) is 1. The van der Waals surface area contributed by atoms with Crippen molar-refractivity contribution in [1.82, 2.24) is 15.6 Å². The smallest absolute Gasteiger partial charge is 0.0862 e. The van der Waals surface area contributed by atoms with Crippen LogP contribution in [0.25, 0.3) is 16.6 Å². The van der Waals surface area contributed by atoms with Gasteiger partial charge in [-0.05, 0) is 19.1 Å². The van der Waals surface area contributed by atoms with Gasteiger partial charge < -0.3 is 10.6 Å². The molecule has 1 aromatic carbocycles. The van der Waals surface area contributed by atoms with E-state index in [9.17, 15) is 0 Å². The number of hydrogen-bond donors (Lipinski definition) is 2. The van der Waals surface area contributed by atoms with Gasteiger partial charge in [-0.25, -0.2) is 4.98 Å². The van der Waals surface area contributed by atoms with E-state index in [0.717, 1.165) is 28.0 Å². The summed E-state index contributed by atoms with van der Waals surface area (Å²) in [4.78, 5) is 4.60. The number of rotatable bonds is 5. The Morgan fingerprint density at radius 2 is 1.89 bits per heavy atom. The number of para-hydroxylation sites is 1. The number of hydrogen-bond acceptors (Lipinski definition) is 3. The molecule has 3 heteroatoms. The fourth-order valence-corrected chi connectivity index (χ4v) is 1.87. The molecule has 2 aromatic rings. The van der Waals surface area contributed by atoms with E-state index in [1.54, 1.807) is 0 Å². The highest BCUT2D eigenvalue weighted by atomic mass is 15.0. The molecule has 0 amide bonds. The Morgan fingerprint density at radius 1 is 1.16 bits per heavy atom. The molecule has 3 nitrogen and oxygen atoms in total. The molecule has 2 N–H and O–H groups in total. The van der Waals surface area contributed by atoms with E-state index in [-0.39, 0.29) is 6.04 Å². The van der Waals surface area contributed by atoms with Gasteiger partial charge >= 0.3 is 0 Å². The first kappa shape index (κ1) is 13.1. The number of benzene rings is 1. The minimum atomic E-state index is 0.103. The van der Waals surface area contributed by atoms with Crippen molar-refractivity contribution < 1.29 is 0 Å². The van der Waals surface area contributed by atoms with Gasteiger partial charge in [0.2, 0.25) is 0 Å². The Kier molecular flexibility index (Phi) is 3.85. The summed E-state index contributed by atoms with van der Waals surface area (Å²) in [5.41, 5.74) is 3.55. The number of nitrogens with zero attached hydrogens (tertiary/aromatic N) is 1. The predicted molar refractivity (Wildman–Crippen MR) is 81.6 cm³/mol. The van der Waals surface area contributed by atoms with E-state index in [1.165, 1.54) is 0 Å². The maximum absolute atomic E-state index is 4.60. The minimum absolute atomic E-state index is 0.103. The van der Waals surface area contributed by atoms with E-state index >= 15 is 0 Å². The van der Waals surface area contributed by atoms with Crippen molar-refractivity contribution >= 4 is 16.6 Å². The lowest BCUT2D eigenvalue weighted by Gasteiger charge is -2.19. The molecule has 1 unspecified atom stereocenters. The van der Waals surface area contributed by atoms with Crippen LogP contribution in [0.15, 0.2) is 55.3 Å². The lowest BCUT2D eigenvalue weighted by Crippen LogP contribution is -2.31. The molecule has 1 heterocycles. The van der Waals surface area contributed by atoms with Gasteiger partial charge in [-0.1, -0.05) is 37.4 Å². The van der Waals surface area contributed by atoms with Crippen molar-refractivity contribution in [3.8, 4) is 0 Å². The highest BCUT2D eigenvalue weighted by Crippen LogP contribution is 2.15. The van der Waals surface area contributed by atoms with Crippen molar-refractivity contribution in [2.75, 3.05) is 7.05 Å². The van der Waals surface area contributed by atoms with Gasteiger partial charge in [0, 0.05) is 18.1 Å². The largest absolute Gasteiger partial charge is 0.390 e. The summed E-state index contributed by atoms with van der Waals surface area (Å²) < 4.78 is 0. The Hall–Kier alpha value is -2.29. The number of fused-ring (bicyclic) bond motifs is 1. The zero-order valence-electron chi connectivity index (χ0n) is 11.4. The van der Waals surface area contributed by atoms with Crippen LogP contribution in [-0.4, -0.2) is 18.1 Å². The highest BCUT2D eigenvalue weighted by Gasteiger charge is 2.08. The molecule has 1 aromatic heterocycles. The molecule has 0 aliphatic carbocycles. The molecule has 1 atom stereocenters. The van der Waals surface area contributed by atoms with Crippen molar-refractivity contribution in [2.24, 2.45) is 0 Å². The Bertz CT molecular complexity index is 616. The second kappa shape index (κ2) is 5.57. The second-order valence-electron chi connectivity index (χ2n) is 4.51. The Morgan fingerprint density at radius 3 is 2.63 bits per heavy atom. The standard InChI is InChI=1S/C16H19N3/c1-11(17-4)12(2)18-13(3)15-10-9-14-7-5-6-8-16(14)19-15/h5-10,12,17-18H,1,3H2,2,4H3. The molecular weight excluding hydrogens is 234 g/mol. The van der Waals surface area contributed by atoms with Gasteiger partial charge in [-0.15, -0.1) is 0 Å². The van der Waals surface area contributed by atoms with Crippen LogP contribution >= 0.6 is 0 Å². The maximum atomic E-state index is 4.60. The van der Waals surface area contributed by atoms with Gasteiger partial charge in [0.05, 0.1) is 22.9 Å². The Balaban J connectivity index is 2.19. The normalized spacial score (nSPS) is 11.9. The van der Waals surface area contributed by atoms with E-state index in [0.29, 0.717) is 0 Å². The summed E-state index contributed by atoms with van der Waals surface area (Å²) in [6.45, 7) is 10.0. The fraction of sp³-hybridized carbons (Fsp3) is 0.188. The average molecular weight is 253 g/mol. The summed E-state index contributed by atoms with van der Waals surface area (Å²) in [5.74, 6) is 0. The Labute approximate surface area is 114 Å². The molecule has 0 saturated heterocycles. The van der Waals surface area contributed by atoms with E-state index in [2.05, 4.69) is 34.8 Å². The van der Waals surface area contributed by atoms with Crippen LogP contribution in [0.3, 0.4) is 0 Å². The molecule has 0 aliphatic rings.